The molecule has 0 aliphatic heterocycles. The lowest BCUT2D eigenvalue weighted by atomic mass is 10.1. The maximum absolute atomic E-state index is 13.7. The van der Waals surface area contributed by atoms with Crippen LogP contribution < -0.4 is 10.6 Å². The van der Waals surface area contributed by atoms with Crippen LogP contribution in [0.15, 0.2) is 40.9 Å². The minimum atomic E-state index is -0.250. The van der Waals surface area contributed by atoms with E-state index in [0.717, 1.165) is 21.4 Å². The van der Waals surface area contributed by atoms with Crippen molar-refractivity contribution in [2.45, 2.75) is 20.4 Å². The lowest BCUT2D eigenvalue weighted by molar-refractivity contribution is -0.114. The van der Waals surface area contributed by atoms with Gasteiger partial charge in [0.25, 0.3) is 0 Å². The van der Waals surface area contributed by atoms with Gasteiger partial charge in [0.15, 0.2) is 0 Å². The van der Waals surface area contributed by atoms with Gasteiger partial charge in [0.1, 0.15) is 5.82 Å². The van der Waals surface area contributed by atoms with Crippen LogP contribution in [0.25, 0.3) is 0 Å². The van der Waals surface area contributed by atoms with Gasteiger partial charge in [-0.2, -0.15) is 0 Å². The summed E-state index contributed by atoms with van der Waals surface area (Å²) in [5.74, 6) is -0.367. The average molecular weight is 351 g/mol. The Morgan fingerprint density at radius 2 is 2.00 bits per heavy atom. The fourth-order valence-electron chi connectivity index (χ4n) is 1.93. The molecule has 2 aromatic rings. The smallest absolute Gasteiger partial charge is 0.221 e. The second-order valence-corrected chi connectivity index (χ2v) is 5.72. The fourth-order valence-corrected chi connectivity index (χ4v) is 2.34. The fraction of sp³-hybridized carbons (Fsp3) is 0.188. The molecule has 2 aromatic carbocycles. The molecular formula is C16H16BrFN2O. The molecule has 0 saturated carbocycles. The molecule has 0 aromatic heterocycles. The molecule has 0 aliphatic carbocycles. The molecule has 0 unspecified atom stereocenters. The number of benzene rings is 2. The van der Waals surface area contributed by atoms with Gasteiger partial charge in [0.2, 0.25) is 5.91 Å². The summed E-state index contributed by atoms with van der Waals surface area (Å²) in [5, 5.41) is 5.93. The number of hydrogen-bond donors (Lipinski definition) is 2. The Morgan fingerprint density at radius 3 is 2.71 bits per heavy atom. The van der Waals surface area contributed by atoms with Crippen molar-refractivity contribution in [1.29, 1.82) is 0 Å². The number of anilines is 2. The van der Waals surface area contributed by atoms with Gasteiger partial charge in [-0.15, -0.1) is 0 Å². The molecule has 0 bridgehead atoms. The molecule has 5 heteroatoms. The Labute approximate surface area is 131 Å². The van der Waals surface area contributed by atoms with Gasteiger partial charge in [0.05, 0.1) is 0 Å². The van der Waals surface area contributed by atoms with Gasteiger partial charge in [-0.05, 0) is 42.8 Å². The van der Waals surface area contributed by atoms with E-state index in [0.29, 0.717) is 12.1 Å². The van der Waals surface area contributed by atoms with Crippen molar-refractivity contribution < 1.29 is 9.18 Å². The van der Waals surface area contributed by atoms with Crippen LogP contribution in [0.3, 0.4) is 0 Å². The zero-order valence-electron chi connectivity index (χ0n) is 11.8. The number of carbonyl (C=O) groups is 1. The number of hydrogen-bond acceptors (Lipinski definition) is 2. The molecule has 110 valence electrons. The second-order valence-electron chi connectivity index (χ2n) is 4.80. The van der Waals surface area contributed by atoms with Crippen LogP contribution >= 0.6 is 15.9 Å². The third-order valence-electron chi connectivity index (χ3n) is 3.04. The first kappa shape index (κ1) is 15.5. The molecular weight excluding hydrogens is 335 g/mol. The third-order valence-corrected chi connectivity index (χ3v) is 3.53. The molecule has 1 amide bonds. The van der Waals surface area contributed by atoms with Gasteiger partial charge >= 0.3 is 0 Å². The quantitative estimate of drug-likeness (QED) is 0.854. The number of rotatable bonds is 4. The first-order valence-electron chi connectivity index (χ1n) is 6.52. The predicted molar refractivity (Wildman–Crippen MR) is 86.9 cm³/mol. The van der Waals surface area contributed by atoms with Crippen LogP contribution in [0.4, 0.5) is 15.8 Å². The van der Waals surface area contributed by atoms with E-state index in [1.165, 1.54) is 13.0 Å². The molecule has 21 heavy (non-hydrogen) atoms. The molecule has 0 saturated heterocycles. The van der Waals surface area contributed by atoms with Crippen molar-refractivity contribution in [3.63, 3.8) is 0 Å². The topological polar surface area (TPSA) is 41.1 Å². The Hall–Kier alpha value is -1.88. The Morgan fingerprint density at radius 1 is 1.24 bits per heavy atom. The van der Waals surface area contributed by atoms with E-state index in [-0.39, 0.29) is 11.7 Å². The van der Waals surface area contributed by atoms with Crippen LogP contribution in [0.2, 0.25) is 0 Å². The molecule has 0 radical (unpaired) electrons. The van der Waals surface area contributed by atoms with Crippen LogP contribution in [-0.4, -0.2) is 5.91 Å². The highest BCUT2D eigenvalue weighted by Gasteiger charge is 2.05. The van der Waals surface area contributed by atoms with Crippen LogP contribution in [0.1, 0.15) is 18.1 Å². The summed E-state index contributed by atoms with van der Waals surface area (Å²) in [6.07, 6.45) is 0. The third kappa shape index (κ3) is 4.29. The summed E-state index contributed by atoms with van der Waals surface area (Å²) in [5.41, 5.74) is 3.13. The maximum Gasteiger partial charge on any atom is 0.221 e. The first-order chi connectivity index (χ1) is 9.95. The van der Waals surface area contributed by atoms with Crippen molar-refractivity contribution >= 4 is 33.2 Å². The Balaban J connectivity index is 2.13. The van der Waals surface area contributed by atoms with Crippen LogP contribution in [0, 0.1) is 12.7 Å². The Kier molecular flexibility index (Phi) is 4.96. The van der Waals surface area contributed by atoms with Crippen molar-refractivity contribution in [2.75, 3.05) is 10.6 Å². The largest absolute Gasteiger partial charge is 0.381 e. The van der Waals surface area contributed by atoms with E-state index < -0.39 is 0 Å². The van der Waals surface area contributed by atoms with E-state index >= 15 is 0 Å². The van der Waals surface area contributed by atoms with Gasteiger partial charge in [-0.25, -0.2) is 4.39 Å². The minimum Gasteiger partial charge on any atom is -0.381 e. The maximum atomic E-state index is 13.7. The summed E-state index contributed by atoms with van der Waals surface area (Å²) in [6.45, 7) is 3.76. The molecule has 2 N–H and O–H groups in total. The van der Waals surface area contributed by atoms with Gasteiger partial charge in [0, 0.05) is 34.9 Å². The minimum absolute atomic E-state index is 0.117. The van der Waals surface area contributed by atoms with Crippen molar-refractivity contribution in [3.05, 3.63) is 57.8 Å². The molecule has 0 atom stereocenters. The lowest BCUT2D eigenvalue weighted by Crippen LogP contribution is -2.08. The number of aryl methyl sites for hydroxylation is 1. The zero-order valence-corrected chi connectivity index (χ0v) is 13.4. The molecule has 0 spiro atoms. The van der Waals surface area contributed by atoms with Crippen molar-refractivity contribution in [1.82, 2.24) is 0 Å². The second kappa shape index (κ2) is 6.72. The lowest BCUT2D eigenvalue weighted by Gasteiger charge is -2.12. The van der Waals surface area contributed by atoms with Crippen LogP contribution in [-0.2, 0) is 11.3 Å². The zero-order chi connectivity index (χ0) is 15.4. The molecule has 2 rings (SSSR count). The van der Waals surface area contributed by atoms with Crippen LogP contribution in [0.5, 0.6) is 0 Å². The molecule has 3 nitrogen and oxygen atoms in total. The summed E-state index contributed by atoms with van der Waals surface area (Å²) >= 11 is 3.33. The van der Waals surface area contributed by atoms with Crippen molar-refractivity contribution in [3.8, 4) is 0 Å². The monoisotopic (exact) mass is 350 g/mol. The van der Waals surface area contributed by atoms with E-state index in [1.807, 2.05) is 25.1 Å². The Bertz CT molecular complexity index is 673. The highest BCUT2D eigenvalue weighted by molar-refractivity contribution is 9.10. The van der Waals surface area contributed by atoms with E-state index in [2.05, 4.69) is 26.6 Å². The molecule has 0 aliphatic rings. The summed E-state index contributed by atoms with van der Waals surface area (Å²) in [6, 6.07) is 10.5. The predicted octanol–water partition coefficient (Wildman–Crippen LogP) is 4.47. The van der Waals surface area contributed by atoms with E-state index in [9.17, 15) is 9.18 Å². The first-order valence-corrected chi connectivity index (χ1v) is 7.31. The SMILES string of the molecule is CC(=O)Nc1cc(NCc2cc(Br)ccc2F)ccc1C. The summed E-state index contributed by atoms with van der Waals surface area (Å²) < 4.78 is 14.5. The number of amides is 1. The highest BCUT2D eigenvalue weighted by atomic mass is 79.9. The highest BCUT2D eigenvalue weighted by Crippen LogP contribution is 2.22. The summed E-state index contributed by atoms with van der Waals surface area (Å²) in [7, 11) is 0. The van der Waals surface area contributed by atoms with E-state index in [1.54, 1.807) is 12.1 Å². The number of carbonyl (C=O) groups excluding carboxylic acids is 1. The van der Waals surface area contributed by atoms with Gasteiger partial charge in [-0.3, -0.25) is 4.79 Å². The number of halogens is 2. The van der Waals surface area contributed by atoms with Gasteiger partial charge in [-0.1, -0.05) is 22.0 Å². The van der Waals surface area contributed by atoms with Gasteiger partial charge < -0.3 is 10.6 Å². The molecule has 0 fully saturated rings. The molecule has 0 heterocycles. The standard InChI is InChI=1S/C16H16BrFN2O/c1-10-3-5-14(8-16(10)20-11(2)21)19-9-12-7-13(17)4-6-15(12)18/h3-8,19H,9H2,1-2H3,(H,20,21). The number of nitrogens with one attached hydrogen (secondary N) is 2. The summed E-state index contributed by atoms with van der Waals surface area (Å²) in [4.78, 5) is 11.2. The normalized spacial score (nSPS) is 10.3. The average Bonchev–Trinajstić information content (AvgIpc) is 2.42. The van der Waals surface area contributed by atoms with E-state index in [4.69, 9.17) is 0 Å². The van der Waals surface area contributed by atoms with Crippen molar-refractivity contribution in [2.24, 2.45) is 0 Å².